The van der Waals surface area contributed by atoms with Gasteiger partial charge in [0.05, 0.1) is 0 Å². The molecular formula is C38H38N2. The topological polar surface area (TPSA) is 6.48 Å². The Balaban J connectivity index is 1.21. The molecule has 0 amide bonds. The lowest BCUT2D eigenvalue weighted by Gasteiger charge is -2.39. The Labute approximate surface area is 239 Å². The van der Waals surface area contributed by atoms with Gasteiger partial charge in [0.1, 0.15) is 0 Å². The van der Waals surface area contributed by atoms with Crippen LogP contribution in [-0.4, -0.2) is 6.04 Å². The highest BCUT2D eigenvalue weighted by Crippen LogP contribution is 2.41. The van der Waals surface area contributed by atoms with Crippen molar-refractivity contribution in [1.29, 1.82) is 0 Å². The lowest BCUT2D eigenvalue weighted by molar-refractivity contribution is 0.392. The van der Waals surface area contributed by atoms with Crippen molar-refractivity contribution in [2.24, 2.45) is 0 Å². The minimum atomic E-state index is 0.509. The molecule has 200 valence electrons. The van der Waals surface area contributed by atoms with Crippen molar-refractivity contribution in [3.63, 3.8) is 0 Å². The maximum absolute atomic E-state index is 2.58. The Bertz CT molecular complexity index is 1520. The van der Waals surface area contributed by atoms with Gasteiger partial charge in [0.15, 0.2) is 0 Å². The van der Waals surface area contributed by atoms with E-state index in [2.05, 4.69) is 157 Å². The molecular weight excluding hydrogens is 484 g/mol. The van der Waals surface area contributed by atoms with Crippen LogP contribution in [0.5, 0.6) is 0 Å². The molecule has 0 heterocycles. The third-order valence-corrected chi connectivity index (χ3v) is 8.27. The fourth-order valence-electron chi connectivity index (χ4n) is 6.29. The number of rotatable bonds is 7. The summed E-state index contributed by atoms with van der Waals surface area (Å²) in [6.07, 6.45) is 4.79. The molecule has 2 heteroatoms. The lowest BCUT2D eigenvalue weighted by atomic mass is 9.81. The van der Waals surface area contributed by atoms with Crippen LogP contribution in [0, 0.1) is 13.8 Å². The Morgan fingerprint density at radius 3 is 1.55 bits per heavy atom. The molecule has 5 aromatic rings. The van der Waals surface area contributed by atoms with Gasteiger partial charge in [-0.05, 0) is 123 Å². The minimum Gasteiger partial charge on any atom is -0.338 e. The van der Waals surface area contributed by atoms with E-state index in [1.165, 1.54) is 70.8 Å². The zero-order chi connectivity index (χ0) is 27.3. The Morgan fingerprint density at radius 1 is 0.450 bits per heavy atom. The molecule has 0 bridgehead atoms. The molecule has 1 fully saturated rings. The van der Waals surface area contributed by atoms with Gasteiger partial charge in [0.2, 0.25) is 0 Å². The van der Waals surface area contributed by atoms with Crippen LogP contribution in [0.25, 0.3) is 0 Å². The predicted molar refractivity (Wildman–Crippen MR) is 171 cm³/mol. The summed E-state index contributed by atoms with van der Waals surface area (Å²) in [5.41, 5.74) is 10.2. The van der Waals surface area contributed by atoms with Gasteiger partial charge in [-0.3, -0.25) is 0 Å². The highest BCUT2D eigenvalue weighted by atomic mass is 15.2. The Morgan fingerprint density at radius 2 is 0.950 bits per heavy atom. The van der Waals surface area contributed by atoms with Gasteiger partial charge in [-0.25, -0.2) is 0 Å². The summed E-state index contributed by atoms with van der Waals surface area (Å²) in [6.45, 7) is 4.34. The van der Waals surface area contributed by atoms with E-state index in [4.69, 9.17) is 0 Å². The number of anilines is 5. The number of aryl methyl sites for hydroxylation is 2. The summed E-state index contributed by atoms with van der Waals surface area (Å²) in [4.78, 5) is 4.93. The van der Waals surface area contributed by atoms with Gasteiger partial charge >= 0.3 is 0 Å². The predicted octanol–water partition coefficient (Wildman–Crippen LogP) is 10.6. The van der Waals surface area contributed by atoms with E-state index < -0.39 is 0 Å². The number of nitrogens with zero attached hydrogens (tertiary/aromatic N) is 2. The van der Waals surface area contributed by atoms with Crippen LogP contribution >= 0.6 is 0 Å². The highest BCUT2D eigenvalue weighted by molar-refractivity contribution is 5.76. The monoisotopic (exact) mass is 522 g/mol. The molecule has 1 aliphatic carbocycles. The van der Waals surface area contributed by atoms with Gasteiger partial charge < -0.3 is 9.80 Å². The van der Waals surface area contributed by atoms with Crippen LogP contribution in [-0.2, 0) is 0 Å². The van der Waals surface area contributed by atoms with E-state index in [0.717, 1.165) is 0 Å². The van der Waals surface area contributed by atoms with E-state index in [9.17, 15) is 0 Å². The average molecular weight is 523 g/mol. The minimum absolute atomic E-state index is 0.509. The first kappa shape index (κ1) is 26.0. The molecule has 0 radical (unpaired) electrons. The maximum Gasteiger partial charge on any atom is 0.0464 e. The van der Waals surface area contributed by atoms with E-state index in [0.29, 0.717) is 12.0 Å². The smallest absolute Gasteiger partial charge is 0.0464 e. The summed E-state index contributed by atoms with van der Waals surface area (Å²) in [6, 6.07) is 49.1. The molecule has 40 heavy (non-hydrogen) atoms. The number of hydrogen-bond acceptors (Lipinski definition) is 2. The molecule has 2 nitrogen and oxygen atoms in total. The average Bonchev–Trinajstić information content (AvgIpc) is 3.00. The van der Waals surface area contributed by atoms with Crippen molar-refractivity contribution in [2.75, 3.05) is 9.80 Å². The fourth-order valence-corrected chi connectivity index (χ4v) is 6.29. The van der Waals surface area contributed by atoms with Crippen molar-refractivity contribution < 1.29 is 0 Å². The lowest BCUT2D eigenvalue weighted by Crippen LogP contribution is -2.34. The van der Waals surface area contributed by atoms with Crippen LogP contribution in [0.3, 0.4) is 0 Å². The Hall–Kier alpha value is -4.30. The molecule has 0 atom stereocenters. The standard InChI is InChI=1S/C38H38N2/c1-29-11-9-17-37(27-29)39(33-13-5-3-6-14-33)35-23-19-31(20-24-35)32-21-25-36(26-22-32)40(34-15-7-4-8-16-34)38-18-10-12-30(2)28-38/h3-20,23-24,27-28,32,36H,21-22,25-26H2,1-2H3. The van der Waals surface area contributed by atoms with E-state index in [1.54, 1.807) is 0 Å². The van der Waals surface area contributed by atoms with Crippen molar-refractivity contribution >= 4 is 28.4 Å². The molecule has 0 unspecified atom stereocenters. The van der Waals surface area contributed by atoms with Crippen LogP contribution in [0.15, 0.2) is 133 Å². The summed E-state index contributed by atoms with van der Waals surface area (Å²) < 4.78 is 0. The van der Waals surface area contributed by atoms with Crippen LogP contribution in [0.4, 0.5) is 28.4 Å². The third kappa shape index (κ3) is 5.67. The molecule has 0 aromatic heterocycles. The van der Waals surface area contributed by atoms with Crippen LogP contribution < -0.4 is 9.80 Å². The maximum atomic E-state index is 2.58. The summed E-state index contributed by atoms with van der Waals surface area (Å²) in [5.74, 6) is 0.601. The van der Waals surface area contributed by atoms with Gasteiger partial charge in [0.25, 0.3) is 0 Å². The first-order valence-electron chi connectivity index (χ1n) is 14.6. The largest absolute Gasteiger partial charge is 0.338 e. The normalized spacial score (nSPS) is 16.9. The summed E-state index contributed by atoms with van der Waals surface area (Å²) >= 11 is 0. The molecule has 5 aromatic carbocycles. The molecule has 0 saturated heterocycles. The zero-order valence-corrected chi connectivity index (χ0v) is 23.6. The second-order valence-electron chi connectivity index (χ2n) is 11.2. The molecule has 1 aliphatic rings. The summed E-state index contributed by atoms with van der Waals surface area (Å²) in [5, 5.41) is 0. The second kappa shape index (κ2) is 11.8. The molecule has 0 N–H and O–H groups in total. The van der Waals surface area contributed by atoms with Gasteiger partial charge in [-0.15, -0.1) is 0 Å². The van der Waals surface area contributed by atoms with Gasteiger partial charge in [-0.2, -0.15) is 0 Å². The van der Waals surface area contributed by atoms with Crippen molar-refractivity contribution in [3.05, 3.63) is 150 Å². The molecule has 6 rings (SSSR count). The molecule has 0 spiro atoms. The van der Waals surface area contributed by atoms with Crippen molar-refractivity contribution in [2.45, 2.75) is 51.5 Å². The van der Waals surface area contributed by atoms with Crippen molar-refractivity contribution in [1.82, 2.24) is 0 Å². The highest BCUT2D eigenvalue weighted by Gasteiger charge is 2.28. The fraction of sp³-hybridized carbons (Fsp3) is 0.211. The quantitative estimate of drug-likeness (QED) is 0.210. The van der Waals surface area contributed by atoms with E-state index in [-0.39, 0.29) is 0 Å². The molecule has 0 aliphatic heterocycles. The number of benzene rings is 5. The van der Waals surface area contributed by atoms with E-state index >= 15 is 0 Å². The number of hydrogen-bond donors (Lipinski definition) is 0. The summed E-state index contributed by atoms with van der Waals surface area (Å²) in [7, 11) is 0. The van der Waals surface area contributed by atoms with Gasteiger partial charge in [0, 0.05) is 34.5 Å². The van der Waals surface area contributed by atoms with Crippen LogP contribution in [0.1, 0.15) is 48.3 Å². The SMILES string of the molecule is Cc1cccc(N(c2ccccc2)c2ccc(C3CCC(N(c4ccccc4)c4cccc(C)c4)CC3)cc2)c1. The zero-order valence-electron chi connectivity index (χ0n) is 23.6. The third-order valence-electron chi connectivity index (χ3n) is 8.27. The van der Waals surface area contributed by atoms with Gasteiger partial charge in [-0.1, -0.05) is 72.8 Å². The van der Waals surface area contributed by atoms with Crippen LogP contribution in [0.2, 0.25) is 0 Å². The number of para-hydroxylation sites is 2. The molecule has 1 saturated carbocycles. The second-order valence-corrected chi connectivity index (χ2v) is 11.2. The first-order chi connectivity index (χ1) is 19.7. The van der Waals surface area contributed by atoms with Crippen molar-refractivity contribution in [3.8, 4) is 0 Å². The Kier molecular flexibility index (Phi) is 7.68. The van der Waals surface area contributed by atoms with E-state index in [1.807, 2.05) is 0 Å². The first-order valence-corrected chi connectivity index (χ1v) is 14.6.